The van der Waals surface area contributed by atoms with E-state index in [0.717, 1.165) is 14.3 Å². The summed E-state index contributed by atoms with van der Waals surface area (Å²) >= 11 is 5.17. The zero-order chi connectivity index (χ0) is 31.1. The number of hydrogen-bond acceptors (Lipinski definition) is 12. The number of sulfone groups is 1. The van der Waals surface area contributed by atoms with Gasteiger partial charge in [0.1, 0.15) is 20.2 Å². The van der Waals surface area contributed by atoms with E-state index in [2.05, 4.69) is 9.79 Å². The molecule has 0 unspecified atom stereocenters. The van der Waals surface area contributed by atoms with Gasteiger partial charge in [-0.2, -0.15) is 0 Å². The monoisotopic (exact) mass is 667 g/mol. The van der Waals surface area contributed by atoms with Crippen LogP contribution in [-0.2, 0) is 25.8 Å². The van der Waals surface area contributed by atoms with Crippen molar-refractivity contribution >= 4 is 60.8 Å². The number of esters is 2. The number of hydrogen-bond donors (Lipinski definition) is 1. The predicted molar refractivity (Wildman–Crippen MR) is 164 cm³/mol. The molecule has 10 nitrogen and oxygen atoms in total. The van der Waals surface area contributed by atoms with Gasteiger partial charge in [0.2, 0.25) is 0 Å². The molecule has 44 heavy (non-hydrogen) atoms. The first-order valence-electron chi connectivity index (χ1n) is 13.0. The summed E-state index contributed by atoms with van der Waals surface area (Å²) in [5, 5.41) is 13.1. The summed E-state index contributed by atoms with van der Waals surface area (Å²) < 4.78 is 42.0. The van der Waals surface area contributed by atoms with Crippen LogP contribution < -0.4 is 14.4 Å². The summed E-state index contributed by atoms with van der Waals surface area (Å²) in [5.41, 5.74) is 1.67. The molecule has 5 aromatic rings. The zero-order valence-electron chi connectivity index (χ0n) is 22.7. The molecular weight excluding hydrogens is 645 g/mol. The highest BCUT2D eigenvalue weighted by Gasteiger charge is 2.37. The topological polar surface area (TPSA) is 137 Å². The quantitative estimate of drug-likeness (QED) is 0.0439. The molecule has 0 atom stereocenters. The van der Waals surface area contributed by atoms with Crippen molar-refractivity contribution in [1.29, 1.82) is 0 Å². The maximum absolute atomic E-state index is 12.9. The van der Waals surface area contributed by atoms with E-state index < -0.39 is 26.8 Å². The van der Waals surface area contributed by atoms with Crippen molar-refractivity contribution in [2.45, 2.75) is 29.2 Å². The Morgan fingerprint density at radius 3 is 2.32 bits per heavy atom. The summed E-state index contributed by atoms with van der Waals surface area (Å²) in [7, 11) is -0.965. The first-order chi connectivity index (χ1) is 21.2. The number of carbonyl (C=O) groups excluding carboxylic acids is 2. The molecule has 224 valence electrons. The van der Waals surface area contributed by atoms with Crippen molar-refractivity contribution in [2.24, 2.45) is 0 Å². The van der Waals surface area contributed by atoms with Crippen LogP contribution in [0.1, 0.15) is 24.1 Å². The Morgan fingerprint density at radius 1 is 0.955 bits per heavy atom. The van der Waals surface area contributed by atoms with Crippen molar-refractivity contribution in [1.82, 2.24) is 5.16 Å². The molecule has 2 aromatic heterocycles. The average molecular weight is 668 g/mol. The fourth-order valence-electron chi connectivity index (χ4n) is 4.00. The van der Waals surface area contributed by atoms with Crippen LogP contribution >= 0.6 is 32.9 Å². The Hall–Kier alpha value is -4.50. The van der Waals surface area contributed by atoms with Gasteiger partial charge in [-0.25, -0.2) is 13.2 Å². The van der Waals surface area contributed by atoms with E-state index in [1.54, 1.807) is 71.0 Å². The second-order valence-corrected chi connectivity index (χ2v) is 14.0. The zero-order valence-corrected chi connectivity index (χ0v) is 26.0. The Labute approximate surface area is 264 Å². The lowest BCUT2D eigenvalue weighted by Gasteiger charge is -2.04. The fraction of sp³-hybridized carbons (Fsp3) is 0.100. The van der Waals surface area contributed by atoms with Crippen molar-refractivity contribution in [3.8, 4) is 21.9 Å². The van der Waals surface area contributed by atoms with E-state index in [9.17, 15) is 23.2 Å². The molecule has 14 heteroatoms. The number of aromatic nitrogens is 2. The molecule has 0 saturated heterocycles. The smallest absolute Gasteiger partial charge is 0.363 e. The number of aryl methyl sites for hydroxylation is 1. The molecule has 0 bridgehead atoms. The molecule has 0 amide bonds. The maximum Gasteiger partial charge on any atom is 0.363 e. The van der Waals surface area contributed by atoms with Gasteiger partial charge in [0.05, 0.1) is 4.90 Å². The summed E-state index contributed by atoms with van der Waals surface area (Å²) in [4.78, 5) is 25.8. The van der Waals surface area contributed by atoms with E-state index >= 15 is 0 Å². The van der Waals surface area contributed by atoms with Gasteiger partial charge in [0.15, 0.2) is 5.16 Å². The van der Waals surface area contributed by atoms with Crippen LogP contribution in [-0.4, -0.2) is 30.7 Å². The molecular formula is C30H23N2O8S4+. The first kappa shape index (κ1) is 30.9. The summed E-state index contributed by atoms with van der Waals surface area (Å²) in [6.45, 7) is 0. The van der Waals surface area contributed by atoms with E-state index in [0.29, 0.717) is 17.1 Å². The lowest BCUT2D eigenvalue weighted by atomic mass is 10.2. The van der Waals surface area contributed by atoms with E-state index in [1.165, 1.54) is 28.5 Å². The van der Waals surface area contributed by atoms with Gasteiger partial charge in [0.25, 0.3) is 15.5 Å². The third kappa shape index (κ3) is 7.71. The highest BCUT2D eigenvalue weighted by Crippen LogP contribution is 2.30. The summed E-state index contributed by atoms with van der Waals surface area (Å²) in [6.07, 6.45) is 3.07. The van der Waals surface area contributed by atoms with E-state index in [1.807, 2.05) is 18.2 Å². The van der Waals surface area contributed by atoms with Gasteiger partial charge in [-0.05, 0) is 82.9 Å². The second-order valence-electron chi connectivity index (χ2n) is 9.18. The summed E-state index contributed by atoms with van der Waals surface area (Å²) in [5.74, 6) is -0.373. The van der Waals surface area contributed by atoms with Crippen LogP contribution in [0, 0.1) is 3.82 Å². The third-order valence-electron chi connectivity index (χ3n) is 6.09. The number of nitrogens with zero attached hydrogens (tertiary/aromatic N) is 2. The number of ether oxygens (including phenoxy) is 2. The lowest BCUT2D eigenvalue weighted by molar-refractivity contribution is -1.06. The molecule has 5 rings (SSSR count). The third-order valence-corrected chi connectivity index (χ3v) is 10.8. The standard InChI is InChI=1S/C30H23N2O8S4/c33-27(8-4-7-25-30(32(35)40-31-25)44(36,37)24-5-2-1-3-6-24)38-22-14-9-20(10-15-22)11-18-28(34)39-23-16-12-21(13-17-23)26-19-29(41)43-42-26/h1-3,5-6,9-19,35H,4,7-8H2/q+1/b18-11+. The maximum atomic E-state index is 12.9. The fourth-order valence-corrected chi connectivity index (χ4v) is 7.83. The molecule has 0 radical (unpaired) electrons. The molecule has 0 aliphatic rings. The van der Waals surface area contributed by atoms with Crippen molar-refractivity contribution in [3.63, 3.8) is 0 Å². The number of benzene rings is 3. The molecule has 2 heterocycles. The van der Waals surface area contributed by atoms with Crippen LogP contribution in [0.3, 0.4) is 0 Å². The van der Waals surface area contributed by atoms with Gasteiger partial charge in [-0.15, -0.1) is 0 Å². The van der Waals surface area contributed by atoms with Crippen LogP contribution in [0.5, 0.6) is 11.5 Å². The van der Waals surface area contributed by atoms with E-state index in [4.69, 9.17) is 21.7 Å². The molecule has 0 aliphatic carbocycles. The number of rotatable bonds is 11. The molecule has 0 saturated carbocycles. The van der Waals surface area contributed by atoms with Gasteiger partial charge in [0, 0.05) is 23.8 Å². The second kappa shape index (κ2) is 13.9. The molecule has 0 aliphatic heterocycles. The normalized spacial score (nSPS) is 11.5. The van der Waals surface area contributed by atoms with Crippen molar-refractivity contribution in [2.75, 3.05) is 0 Å². The van der Waals surface area contributed by atoms with Gasteiger partial charge >= 0.3 is 17.0 Å². The predicted octanol–water partition coefficient (Wildman–Crippen LogP) is 6.10. The Morgan fingerprint density at radius 2 is 1.64 bits per heavy atom. The average Bonchev–Trinajstić information content (AvgIpc) is 3.63. The van der Waals surface area contributed by atoms with Crippen molar-refractivity contribution < 1.29 is 42.2 Å². The Kier molecular flexibility index (Phi) is 9.75. The highest BCUT2D eigenvalue weighted by atomic mass is 32.9. The van der Waals surface area contributed by atoms with Gasteiger partial charge < -0.3 is 14.7 Å². The lowest BCUT2D eigenvalue weighted by Crippen LogP contribution is -2.34. The summed E-state index contributed by atoms with van der Waals surface area (Å²) in [6, 6.07) is 23.2. The molecule has 0 spiro atoms. The van der Waals surface area contributed by atoms with Crippen LogP contribution in [0.15, 0.2) is 106 Å². The van der Waals surface area contributed by atoms with Gasteiger partial charge in [-0.1, -0.05) is 63.2 Å². The minimum absolute atomic E-state index is 0.0130. The van der Waals surface area contributed by atoms with Crippen LogP contribution in [0.25, 0.3) is 16.5 Å². The minimum atomic E-state index is -4.09. The Balaban J connectivity index is 1.09. The van der Waals surface area contributed by atoms with Crippen molar-refractivity contribution in [3.05, 3.63) is 106 Å². The van der Waals surface area contributed by atoms with Crippen LogP contribution in [0.4, 0.5) is 0 Å². The van der Waals surface area contributed by atoms with Gasteiger partial charge in [-0.3, -0.25) is 4.79 Å². The SMILES string of the molecule is O=C(/C=C/c1ccc(OC(=O)CCCc2no[n+](O)c2S(=O)(=O)c2ccccc2)cc1)Oc1ccc(-c2cc(=S)ss2)cc1. The first-order valence-corrected chi connectivity index (χ1v) is 17.0. The molecule has 0 fully saturated rings. The van der Waals surface area contributed by atoms with Crippen LogP contribution in [0.2, 0.25) is 0 Å². The minimum Gasteiger partial charge on any atom is -0.427 e. The highest BCUT2D eigenvalue weighted by molar-refractivity contribution is 7.91. The number of carbonyl (C=O) groups is 2. The molecule has 1 N–H and O–H groups in total. The largest absolute Gasteiger partial charge is 0.427 e. The van der Waals surface area contributed by atoms with E-state index in [-0.39, 0.29) is 34.8 Å². The molecule has 3 aromatic carbocycles. The Bertz CT molecular complexity index is 1960.